The van der Waals surface area contributed by atoms with Crippen LogP contribution in [0.4, 0.5) is 42.4 Å². The first-order valence-corrected chi connectivity index (χ1v) is 19.6. The summed E-state index contributed by atoms with van der Waals surface area (Å²) in [4.78, 5) is 53.4. The molecular weight excluding hydrogens is 892 g/mol. The van der Waals surface area contributed by atoms with Crippen molar-refractivity contribution >= 4 is 64.6 Å². The fourth-order valence-electron chi connectivity index (χ4n) is 5.94. The summed E-state index contributed by atoms with van der Waals surface area (Å²) in [5.41, 5.74) is 7.29. The van der Waals surface area contributed by atoms with Gasteiger partial charge >= 0.3 is 17.9 Å². The lowest BCUT2D eigenvalue weighted by molar-refractivity contribution is -0.387. The van der Waals surface area contributed by atoms with Gasteiger partial charge < -0.3 is 45.0 Å². The number of amides is 2. The zero-order chi connectivity index (χ0) is 43.8. The molecule has 3 aromatic carbocycles. The molecule has 3 heterocycles. The van der Waals surface area contributed by atoms with E-state index in [0.717, 1.165) is 70.2 Å². The van der Waals surface area contributed by atoms with Crippen molar-refractivity contribution < 1.29 is 33.3 Å². The normalized spacial score (nSPS) is 15.6. The minimum Gasteiger partial charge on any atom is -0.444 e. The zero-order valence-corrected chi connectivity index (χ0v) is 38.0. The number of nitrogens with zero attached hydrogens (tertiary/aromatic N) is 7. The zero-order valence-electron chi connectivity index (χ0n) is 35.7. The molecule has 0 aromatic heterocycles. The number of hydrogen-bond donors (Lipinski definition) is 2. The highest BCUT2D eigenvalue weighted by Crippen LogP contribution is 2.29. The van der Waals surface area contributed by atoms with E-state index >= 15 is 0 Å². The van der Waals surface area contributed by atoms with Crippen molar-refractivity contribution in [3.63, 3.8) is 0 Å². The number of piperazine rings is 3. The van der Waals surface area contributed by atoms with Crippen LogP contribution in [0.3, 0.4) is 0 Å². The van der Waals surface area contributed by atoms with Crippen molar-refractivity contribution in [3.05, 3.63) is 98.8 Å². The summed E-state index contributed by atoms with van der Waals surface area (Å²) in [5.74, 6) is -0.799. The molecule has 0 saturated carbocycles. The highest BCUT2D eigenvalue weighted by molar-refractivity contribution is 14.0. The van der Waals surface area contributed by atoms with Gasteiger partial charge in [-0.05, 0) is 72.9 Å². The lowest BCUT2D eigenvalue weighted by Gasteiger charge is -2.36. The molecule has 60 heavy (non-hydrogen) atoms. The first kappa shape index (κ1) is 51.1. The lowest BCUT2D eigenvalue weighted by Crippen LogP contribution is -2.50. The molecule has 3 aliphatic rings. The number of para-hydroxylation sites is 5. The Morgan fingerprint density at radius 1 is 0.633 bits per heavy atom. The van der Waals surface area contributed by atoms with Crippen LogP contribution in [0.15, 0.2) is 72.8 Å². The number of hydrogen-bond acceptors (Lipinski definition) is 13. The summed E-state index contributed by atoms with van der Waals surface area (Å²) >= 11 is 0. The molecule has 0 aliphatic carbocycles. The molecule has 3 saturated heterocycles. The van der Waals surface area contributed by atoms with Crippen molar-refractivity contribution in [1.82, 2.24) is 20.0 Å². The van der Waals surface area contributed by atoms with Gasteiger partial charge in [0.2, 0.25) is 5.82 Å². The molecule has 3 aliphatic heterocycles. The Balaban J connectivity index is 0.000000286. The summed E-state index contributed by atoms with van der Waals surface area (Å²) < 4.78 is 23.0. The fraction of sp³-hybridized carbons (Fsp3) is 0.512. The predicted octanol–water partition coefficient (Wildman–Crippen LogP) is 6.85. The third kappa shape index (κ3) is 17.7. The monoisotopic (exact) mass is 953 g/mol. The molecule has 3 aromatic rings. The average Bonchev–Trinajstić information content (AvgIpc) is 3.18. The minimum absolute atomic E-state index is 0. The number of nitrogen functional groups attached to an aromatic ring is 1. The van der Waals surface area contributed by atoms with Crippen LogP contribution in [0.1, 0.15) is 41.5 Å². The molecule has 0 spiro atoms. The van der Waals surface area contributed by atoms with E-state index in [2.05, 4.69) is 28.2 Å². The molecule has 19 heteroatoms. The van der Waals surface area contributed by atoms with E-state index in [9.17, 15) is 34.2 Å². The Morgan fingerprint density at radius 3 is 1.48 bits per heavy atom. The van der Waals surface area contributed by atoms with Crippen LogP contribution in [-0.4, -0.2) is 134 Å². The number of halogens is 2. The Hall–Kier alpha value is -5.02. The van der Waals surface area contributed by atoms with Crippen LogP contribution in [0.25, 0.3) is 0 Å². The summed E-state index contributed by atoms with van der Waals surface area (Å²) in [7, 11) is 2.16. The molecule has 3 fully saturated rings. The molecule has 0 bridgehead atoms. The Kier molecular flexibility index (Phi) is 20.7. The fourth-order valence-corrected chi connectivity index (χ4v) is 5.94. The SMILES string of the molecule is CC(C)(C)OC(=O)N1CCN(c2ccccc2[N+](=O)[O-])CC1.CC(C)(C)OC(=O)N1CCNCC1.CN1CCN(c2ccccc2N)CC1.I.O=[N+]([O-])c1ccccc1F. The van der Waals surface area contributed by atoms with Crippen molar-refractivity contribution in [2.45, 2.75) is 52.7 Å². The van der Waals surface area contributed by atoms with Crippen LogP contribution < -0.4 is 20.9 Å². The highest BCUT2D eigenvalue weighted by Gasteiger charge is 2.28. The maximum atomic E-state index is 12.4. The van der Waals surface area contributed by atoms with E-state index in [1.807, 2.05) is 64.6 Å². The van der Waals surface area contributed by atoms with Gasteiger partial charge in [0.15, 0.2) is 0 Å². The van der Waals surface area contributed by atoms with E-state index in [4.69, 9.17) is 15.2 Å². The molecule has 0 atom stereocenters. The lowest BCUT2D eigenvalue weighted by atomic mass is 10.2. The standard InChI is InChI=1S/C15H21N3O4.C11H17N3.C9H18N2O2.C6H4FNO2.HI/c1-15(2,3)22-14(19)17-10-8-16(9-11-17)12-6-4-5-7-13(12)18(20)21;1-13-6-8-14(9-7-13)11-5-3-2-4-10(11)12;1-9(2,3)13-8(12)11-6-4-10-5-7-11;7-5-3-1-2-4-6(5)8(9)10;/h4-7H,8-11H2,1-3H3;2-5H,6-9,12H2,1H3;10H,4-7H2,1-3H3;1-4H;1H. The van der Waals surface area contributed by atoms with Gasteiger partial charge in [-0.3, -0.25) is 20.2 Å². The van der Waals surface area contributed by atoms with Crippen LogP contribution in [0.2, 0.25) is 0 Å². The number of ether oxygens (including phenoxy) is 2. The van der Waals surface area contributed by atoms with Crippen molar-refractivity contribution in [2.24, 2.45) is 0 Å². The number of carbonyl (C=O) groups excluding carboxylic acids is 2. The number of anilines is 3. The van der Waals surface area contributed by atoms with Gasteiger partial charge in [-0.15, -0.1) is 24.0 Å². The van der Waals surface area contributed by atoms with E-state index in [1.54, 1.807) is 28.0 Å². The average molecular weight is 954 g/mol. The quantitative estimate of drug-likeness (QED) is 0.120. The van der Waals surface area contributed by atoms with Gasteiger partial charge in [-0.2, -0.15) is 4.39 Å². The second-order valence-electron chi connectivity index (χ2n) is 16.0. The molecule has 6 rings (SSSR count). The van der Waals surface area contributed by atoms with E-state index < -0.39 is 22.0 Å². The number of rotatable bonds is 4. The number of likely N-dealkylation sites (N-methyl/N-ethyl adjacent to an activating group) is 1. The maximum absolute atomic E-state index is 12.4. The Morgan fingerprint density at radius 2 is 1.03 bits per heavy atom. The second-order valence-corrected chi connectivity index (χ2v) is 16.0. The van der Waals surface area contributed by atoms with Crippen molar-refractivity contribution in [2.75, 3.05) is 101 Å². The summed E-state index contributed by atoms with van der Waals surface area (Å²) in [6, 6.07) is 19.8. The van der Waals surface area contributed by atoms with Gasteiger partial charge in [-0.1, -0.05) is 36.4 Å². The van der Waals surface area contributed by atoms with Crippen LogP contribution in [0.5, 0.6) is 0 Å². The van der Waals surface area contributed by atoms with Crippen molar-refractivity contribution in [3.8, 4) is 0 Å². The number of nitro benzene ring substituents is 2. The molecule has 0 unspecified atom stereocenters. The number of carbonyl (C=O) groups is 2. The number of nitrogens with one attached hydrogen (secondary N) is 1. The Labute approximate surface area is 369 Å². The van der Waals surface area contributed by atoms with Crippen LogP contribution in [0, 0.1) is 26.0 Å². The molecule has 0 radical (unpaired) electrons. The summed E-state index contributed by atoms with van der Waals surface area (Å²) in [5, 5.41) is 24.3. The highest BCUT2D eigenvalue weighted by atomic mass is 127. The molecule has 3 N–H and O–H groups in total. The van der Waals surface area contributed by atoms with E-state index in [1.165, 1.54) is 23.9 Å². The first-order valence-electron chi connectivity index (χ1n) is 19.6. The van der Waals surface area contributed by atoms with Gasteiger partial charge in [0, 0.05) is 90.7 Å². The molecule has 17 nitrogen and oxygen atoms in total. The number of benzene rings is 3. The van der Waals surface area contributed by atoms with Crippen LogP contribution >= 0.6 is 24.0 Å². The molecular formula is C41H61FIN9O8. The smallest absolute Gasteiger partial charge is 0.410 e. The number of nitrogens with two attached hydrogens (primary N) is 1. The third-order valence-corrected chi connectivity index (χ3v) is 8.95. The second kappa shape index (κ2) is 24.3. The maximum Gasteiger partial charge on any atom is 0.410 e. The summed E-state index contributed by atoms with van der Waals surface area (Å²) in [6.45, 7) is 20.8. The van der Waals surface area contributed by atoms with Gasteiger partial charge in [0.1, 0.15) is 16.9 Å². The third-order valence-electron chi connectivity index (χ3n) is 8.95. The topological polar surface area (TPSA) is 193 Å². The molecule has 332 valence electrons. The van der Waals surface area contributed by atoms with Crippen molar-refractivity contribution in [1.29, 1.82) is 0 Å². The van der Waals surface area contributed by atoms with Gasteiger partial charge in [0.25, 0.3) is 5.69 Å². The largest absolute Gasteiger partial charge is 0.444 e. The summed E-state index contributed by atoms with van der Waals surface area (Å²) in [6.07, 6.45) is -0.538. The van der Waals surface area contributed by atoms with Crippen LogP contribution in [-0.2, 0) is 9.47 Å². The minimum atomic E-state index is -0.799. The first-order chi connectivity index (χ1) is 27.8. The van der Waals surface area contributed by atoms with Gasteiger partial charge in [0.05, 0.1) is 21.2 Å². The Bertz CT molecular complexity index is 1820. The molecule has 2 amide bonds. The van der Waals surface area contributed by atoms with E-state index in [-0.39, 0.29) is 52.4 Å². The number of nitro groups is 2. The predicted molar refractivity (Wildman–Crippen MR) is 243 cm³/mol. The van der Waals surface area contributed by atoms with Gasteiger partial charge in [-0.25, -0.2) is 9.59 Å². The van der Waals surface area contributed by atoms with E-state index in [0.29, 0.717) is 31.9 Å².